The van der Waals surface area contributed by atoms with Crippen LogP contribution in [0.4, 0.5) is 5.69 Å². The number of anilines is 1. The van der Waals surface area contributed by atoms with E-state index in [1.807, 2.05) is 36.9 Å². The number of hydrogen-bond donors (Lipinski definition) is 2. The van der Waals surface area contributed by atoms with Crippen LogP contribution in [0.1, 0.15) is 24.0 Å². The van der Waals surface area contributed by atoms with Gasteiger partial charge in [-0.2, -0.15) is 0 Å². The van der Waals surface area contributed by atoms with E-state index in [1.54, 1.807) is 0 Å². The smallest absolute Gasteiger partial charge is 0.242 e. The monoisotopic (exact) mass is 402 g/mol. The summed E-state index contributed by atoms with van der Waals surface area (Å²) in [5.74, 6) is 0.0583. The predicted molar refractivity (Wildman–Crippen MR) is 108 cm³/mol. The molecule has 0 spiro atoms. The normalized spacial score (nSPS) is 18.3. The average Bonchev–Trinajstić information content (AvgIpc) is 3.31. The third kappa shape index (κ3) is 5.10. The number of rotatable bonds is 4. The molecule has 1 saturated carbocycles. The van der Waals surface area contributed by atoms with Crippen LogP contribution >= 0.6 is 24.8 Å². The van der Waals surface area contributed by atoms with E-state index in [9.17, 15) is 9.59 Å². The van der Waals surface area contributed by atoms with Crippen LogP contribution in [0.25, 0.3) is 0 Å². The van der Waals surface area contributed by atoms with Gasteiger partial charge in [-0.25, -0.2) is 0 Å². The van der Waals surface area contributed by atoms with Gasteiger partial charge in [-0.05, 0) is 43.9 Å². The molecular formula is C18H28Cl2N4O2. The van der Waals surface area contributed by atoms with Crippen LogP contribution in [0, 0.1) is 13.8 Å². The standard InChI is InChI=1S/C18H26N4O2.2ClH/c1-13-4-3-5-15(14(13)2)20-16(23)12-21-8-10-22(11-9-21)17(24)18(19)6-7-18;;/h3-5H,6-12,19H2,1-2H3,(H,20,23);2*1H. The molecule has 8 heteroatoms. The van der Waals surface area contributed by atoms with Gasteiger partial charge in [-0.15, -0.1) is 24.8 Å². The molecule has 1 saturated heterocycles. The maximum Gasteiger partial charge on any atom is 0.242 e. The number of nitrogens with two attached hydrogens (primary N) is 1. The summed E-state index contributed by atoms with van der Waals surface area (Å²) in [7, 11) is 0. The van der Waals surface area contributed by atoms with Crippen LogP contribution in [0.2, 0.25) is 0 Å². The van der Waals surface area contributed by atoms with Gasteiger partial charge in [-0.3, -0.25) is 14.5 Å². The number of carbonyl (C=O) groups is 2. The number of nitrogens with zero attached hydrogens (tertiary/aromatic N) is 2. The molecule has 0 atom stereocenters. The van der Waals surface area contributed by atoms with Gasteiger partial charge in [-0.1, -0.05) is 12.1 Å². The van der Waals surface area contributed by atoms with E-state index < -0.39 is 5.54 Å². The summed E-state index contributed by atoms with van der Waals surface area (Å²) in [6.45, 7) is 7.11. The molecule has 0 aromatic heterocycles. The molecule has 1 heterocycles. The van der Waals surface area contributed by atoms with Crippen LogP contribution in [-0.4, -0.2) is 59.9 Å². The van der Waals surface area contributed by atoms with Crippen molar-refractivity contribution in [1.82, 2.24) is 9.80 Å². The number of carbonyl (C=O) groups excluding carboxylic acids is 2. The third-order valence-corrected chi connectivity index (χ3v) is 5.12. The minimum absolute atomic E-state index is 0. The molecule has 1 aromatic carbocycles. The maximum atomic E-state index is 12.3. The van der Waals surface area contributed by atoms with Crippen molar-refractivity contribution < 1.29 is 9.59 Å². The van der Waals surface area contributed by atoms with E-state index in [1.165, 1.54) is 0 Å². The Bertz CT molecular complexity index is 657. The molecule has 2 fully saturated rings. The Morgan fingerprint density at radius 1 is 1.12 bits per heavy atom. The predicted octanol–water partition coefficient (Wildman–Crippen LogP) is 1.72. The molecule has 26 heavy (non-hydrogen) atoms. The van der Waals surface area contributed by atoms with Crippen molar-refractivity contribution in [3.8, 4) is 0 Å². The zero-order valence-electron chi connectivity index (χ0n) is 15.3. The average molecular weight is 403 g/mol. The lowest BCUT2D eigenvalue weighted by Gasteiger charge is -2.35. The molecule has 0 bridgehead atoms. The zero-order chi connectivity index (χ0) is 17.3. The number of halogens is 2. The lowest BCUT2D eigenvalue weighted by molar-refractivity contribution is -0.135. The Labute approximate surface area is 167 Å². The first-order chi connectivity index (χ1) is 11.4. The zero-order valence-corrected chi connectivity index (χ0v) is 16.9. The topological polar surface area (TPSA) is 78.7 Å². The first kappa shape index (κ1) is 22.7. The first-order valence-electron chi connectivity index (χ1n) is 8.56. The molecule has 1 aliphatic heterocycles. The van der Waals surface area contributed by atoms with E-state index in [4.69, 9.17) is 5.73 Å². The van der Waals surface area contributed by atoms with Crippen molar-refractivity contribution in [2.75, 3.05) is 38.0 Å². The number of amides is 2. The van der Waals surface area contributed by atoms with E-state index >= 15 is 0 Å². The molecular weight excluding hydrogens is 375 g/mol. The Kier molecular flexibility index (Phi) is 7.89. The second-order valence-electron chi connectivity index (χ2n) is 7.02. The Balaban J connectivity index is 0.00000169. The van der Waals surface area contributed by atoms with Gasteiger partial charge in [0.15, 0.2) is 0 Å². The van der Waals surface area contributed by atoms with E-state index in [0.29, 0.717) is 32.7 Å². The molecule has 1 aliphatic carbocycles. The fourth-order valence-electron chi connectivity index (χ4n) is 3.05. The van der Waals surface area contributed by atoms with Crippen LogP contribution in [0.15, 0.2) is 18.2 Å². The first-order valence-corrected chi connectivity index (χ1v) is 8.56. The number of benzene rings is 1. The molecule has 3 rings (SSSR count). The van der Waals surface area contributed by atoms with Gasteiger partial charge in [0, 0.05) is 31.9 Å². The summed E-state index contributed by atoms with van der Waals surface area (Å²) in [5.41, 5.74) is 8.51. The quantitative estimate of drug-likeness (QED) is 0.803. The lowest BCUT2D eigenvalue weighted by Crippen LogP contribution is -2.55. The molecule has 0 unspecified atom stereocenters. The highest BCUT2D eigenvalue weighted by atomic mass is 35.5. The van der Waals surface area contributed by atoms with Gasteiger partial charge in [0.1, 0.15) is 0 Å². The number of hydrogen-bond acceptors (Lipinski definition) is 4. The molecule has 1 aromatic rings. The highest BCUT2D eigenvalue weighted by molar-refractivity contribution is 5.93. The highest BCUT2D eigenvalue weighted by Crippen LogP contribution is 2.34. The Morgan fingerprint density at radius 3 is 2.31 bits per heavy atom. The van der Waals surface area contributed by atoms with Crippen molar-refractivity contribution >= 4 is 42.3 Å². The SMILES string of the molecule is Cc1cccc(NC(=O)CN2CCN(C(=O)C3(N)CC3)CC2)c1C.Cl.Cl. The fourth-order valence-corrected chi connectivity index (χ4v) is 3.05. The summed E-state index contributed by atoms with van der Waals surface area (Å²) in [5, 5.41) is 2.99. The van der Waals surface area contributed by atoms with Gasteiger partial charge >= 0.3 is 0 Å². The van der Waals surface area contributed by atoms with Gasteiger partial charge < -0.3 is 16.0 Å². The van der Waals surface area contributed by atoms with Crippen molar-refractivity contribution in [3.63, 3.8) is 0 Å². The molecule has 6 nitrogen and oxygen atoms in total. The van der Waals surface area contributed by atoms with Crippen molar-refractivity contribution in [3.05, 3.63) is 29.3 Å². The molecule has 2 aliphatic rings. The Morgan fingerprint density at radius 2 is 1.73 bits per heavy atom. The van der Waals surface area contributed by atoms with Gasteiger partial charge in [0.05, 0.1) is 12.1 Å². The van der Waals surface area contributed by atoms with E-state index in [0.717, 1.165) is 29.7 Å². The number of aryl methyl sites for hydroxylation is 1. The number of piperazine rings is 1. The van der Waals surface area contributed by atoms with Crippen molar-refractivity contribution in [2.45, 2.75) is 32.2 Å². The summed E-state index contributed by atoms with van der Waals surface area (Å²) in [4.78, 5) is 28.4. The Hall–Kier alpha value is -1.34. The molecule has 2 amide bonds. The van der Waals surface area contributed by atoms with Crippen LogP contribution in [0.3, 0.4) is 0 Å². The van der Waals surface area contributed by atoms with Crippen LogP contribution < -0.4 is 11.1 Å². The molecule has 146 valence electrons. The summed E-state index contributed by atoms with van der Waals surface area (Å²) >= 11 is 0. The van der Waals surface area contributed by atoms with Gasteiger partial charge in [0.25, 0.3) is 0 Å². The minimum Gasteiger partial charge on any atom is -0.339 e. The van der Waals surface area contributed by atoms with E-state index in [2.05, 4.69) is 10.2 Å². The molecule has 0 radical (unpaired) electrons. The largest absolute Gasteiger partial charge is 0.339 e. The summed E-state index contributed by atoms with van der Waals surface area (Å²) in [6, 6.07) is 5.90. The third-order valence-electron chi connectivity index (χ3n) is 5.12. The van der Waals surface area contributed by atoms with Crippen LogP contribution in [-0.2, 0) is 9.59 Å². The minimum atomic E-state index is -0.595. The number of nitrogens with one attached hydrogen (secondary N) is 1. The summed E-state index contributed by atoms with van der Waals surface area (Å²) < 4.78 is 0. The van der Waals surface area contributed by atoms with Gasteiger partial charge in [0.2, 0.25) is 11.8 Å². The van der Waals surface area contributed by atoms with Crippen LogP contribution in [0.5, 0.6) is 0 Å². The second kappa shape index (κ2) is 9.04. The lowest BCUT2D eigenvalue weighted by atomic mass is 10.1. The van der Waals surface area contributed by atoms with Crippen molar-refractivity contribution in [1.29, 1.82) is 0 Å². The highest BCUT2D eigenvalue weighted by Gasteiger charge is 2.48. The molecule has 3 N–H and O–H groups in total. The fraction of sp³-hybridized carbons (Fsp3) is 0.556. The van der Waals surface area contributed by atoms with Crippen molar-refractivity contribution in [2.24, 2.45) is 5.73 Å². The maximum absolute atomic E-state index is 12.3. The summed E-state index contributed by atoms with van der Waals surface area (Å²) in [6.07, 6.45) is 1.59. The second-order valence-corrected chi connectivity index (χ2v) is 7.02. The van der Waals surface area contributed by atoms with E-state index in [-0.39, 0.29) is 36.6 Å².